The molecule has 1 fully saturated rings. The maximum atomic E-state index is 13.2. The van der Waals surface area contributed by atoms with E-state index in [1.165, 1.54) is 6.07 Å². The number of halogens is 2. The summed E-state index contributed by atoms with van der Waals surface area (Å²) in [6.07, 6.45) is 0.263. The molecule has 2 rings (SSSR count). The Morgan fingerprint density at radius 3 is 2.50 bits per heavy atom. The largest absolute Gasteiger partial charge is 0.481 e. The molecule has 132 valence electrons. The Morgan fingerprint density at radius 1 is 1.25 bits per heavy atom. The molecule has 1 aromatic rings. The van der Waals surface area contributed by atoms with Crippen molar-refractivity contribution in [2.75, 3.05) is 19.7 Å². The molecule has 24 heavy (non-hydrogen) atoms. The molecule has 0 spiro atoms. The highest BCUT2D eigenvalue weighted by Crippen LogP contribution is 2.21. The van der Waals surface area contributed by atoms with Crippen molar-refractivity contribution in [3.8, 4) is 5.75 Å². The average molecular weight is 341 g/mol. The van der Waals surface area contributed by atoms with Crippen molar-refractivity contribution in [1.29, 1.82) is 0 Å². The molecular weight excluding hydrogens is 320 g/mol. The van der Waals surface area contributed by atoms with Crippen LogP contribution in [-0.4, -0.2) is 42.6 Å². The van der Waals surface area contributed by atoms with Crippen molar-refractivity contribution in [3.63, 3.8) is 0 Å². The highest BCUT2D eigenvalue weighted by Gasteiger charge is 2.30. The summed E-state index contributed by atoms with van der Waals surface area (Å²) in [5, 5.41) is 0. The van der Waals surface area contributed by atoms with Crippen LogP contribution in [0.4, 0.5) is 8.78 Å². The monoisotopic (exact) mass is 341 g/mol. The summed E-state index contributed by atoms with van der Waals surface area (Å²) in [5.74, 6) is -2.56. The second kappa shape index (κ2) is 8.08. The van der Waals surface area contributed by atoms with Crippen LogP contribution < -0.4 is 4.74 Å². The Labute approximate surface area is 139 Å². The first kappa shape index (κ1) is 18.2. The van der Waals surface area contributed by atoms with Crippen molar-refractivity contribution < 1.29 is 27.8 Å². The first-order chi connectivity index (χ1) is 11.4. The van der Waals surface area contributed by atoms with E-state index in [2.05, 4.69) is 0 Å². The van der Waals surface area contributed by atoms with Gasteiger partial charge in [0.1, 0.15) is 5.75 Å². The minimum Gasteiger partial charge on any atom is -0.481 e. The van der Waals surface area contributed by atoms with Gasteiger partial charge < -0.3 is 14.4 Å². The summed E-state index contributed by atoms with van der Waals surface area (Å²) in [6, 6.07) is 3.13. The number of carbonyl (C=O) groups excluding carboxylic acids is 2. The molecule has 0 N–H and O–H groups in total. The van der Waals surface area contributed by atoms with Crippen LogP contribution in [0, 0.1) is 17.6 Å². The predicted octanol–water partition coefficient (Wildman–Crippen LogP) is 2.53. The molecule has 0 saturated carbocycles. The lowest BCUT2D eigenvalue weighted by Crippen LogP contribution is -2.45. The quantitative estimate of drug-likeness (QED) is 0.773. The van der Waals surface area contributed by atoms with Gasteiger partial charge in [-0.1, -0.05) is 0 Å². The third kappa shape index (κ3) is 4.43. The first-order valence-electron chi connectivity index (χ1n) is 7.99. The third-order valence-electron chi connectivity index (χ3n) is 3.98. The molecule has 1 aliphatic heterocycles. The Hall–Kier alpha value is -2.18. The number of piperidine rings is 1. The van der Waals surface area contributed by atoms with Crippen LogP contribution in [0.15, 0.2) is 18.2 Å². The van der Waals surface area contributed by atoms with Crippen molar-refractivity contribution >= 4 is 11.9 Å². The number of hydrogen-bond acceptors (Lipinski definition) is 4. The minimum atomic E-state index is -1.03. The van der Waals surface area contributed by atoms with Gasteiger partial charge >= 0.3 is 5.97 Å². The van der Waals surface area contributed by atoms with E-state index in [1.54, 1.807) is 18.7 Å². The lowest BCUT2D eigenvalue weighted by Gasteiger charge is -2.32. The van der Waals surface area contributed by atoms with Gasteiger partial charge in [-0.25, -0.2) is 8.78 Å². The van der Waals surface area contributed by atoms with Crippen LogP contribution in [0.25, 0.3) is 0 Å². The molecule has 0 bridgehead atoms. The maximum absolute atomic E-state index is 13.2. The van der Waals surface area contributed by atoms with Crippen LogP contribution in [0.2, 0.25) is 0 Å². The van der Waals surface area contributed by atoms with Gasteiger partial charge in [0.25, 0.3) is 5.91 Å². The Balaban J connectivity index is 1.87. The molecule has 1 aromatic carbocycles. The topological polar surface area (TPSA) is 55.8 Å². The predicted molar refractivity (Wildman–Crippen MR) is 82.4 cm³/mol. The van der Waals surface area contributed by atoms with Gasteiger partial charge in [-0.15, -0.1) is 0 Å². The van der Waals surface area contributed by atoms with Crippen molar-refractivity contribution in [2.45, 2.75) is 32.8 Å². The number of nitrogens with zero attached hydrogens (tertiary/aromatic N) is 1. The molecule has 7 heteroatoms. The fourth-order valence-electron chi connectivity index (χ4n) is 2.66. The molecule has 1 amide bonds. The molecule has 0 aliphatic carbocycles. The molecule has 1 heterocycles. The summed E-state index contributed by atoms with van der Waals surface area (Å²) >= 11 is 0. The number of esters is 1. The number of ether oxygens (including phenoxy) is 2. The van der Waals surface area contributed by atoms with Crippen LogP contribution in [-0.2, 0) is 14.3 Å². The normalized spacial score (nSPS) is 16.6. The van der Waals surface area contributed by atoms with Crippen LogP contribution in [0.1, 0.15) is 26.7 Å². The summed E-state index contributed by atoms with van der Waals surface area (Å²) in [7, 11) is 0. The van der Waals surface area contributed by atoms with Gasteiger partial charge in [0.2, 0.25) is 0 Å². The second-order valence-corrected chi connectivity index (χ2v) is 5.69. The number of hydrogen-bond donors (Lipinski definition) is 0. The van der Waals surface area contributed by atoms with E-state index in [9.17, 15) is 18.4 Å². The number of amides is 1. The van der Waals surface area contributed by atoms with Gasteiger partial charge in [-0.3, -0.25) is 9.59 Å². The first-order valence-corrected chi connectivity index (χ1v) is 7.99. The van der Waals surface area contributed by atoms with E-state index < -0.39 is 17.7 Å². The zero-order valence-corrected chi connectivity index (χ0v) is 13.8. The molecule has 0 unspecified atom stereocenters. The molecule has 5 nitrogen and oxygen atoms in total. The van der Waals surface area contributed by atoms with Crippen LogP contribution in [0.5, 0.6) is 5.75 Å². The van der Waals surface area contributed by atoms with Gasteiger partial charge in [0.05, 0.1) is 12.5 Å². The zero-order valence-electron chi connectivity index (χ0n) is 13.8. The van der Waals surface area contributed by atoms with Gasteiger partial charge in [-0.05, 0) is 38.8 Å². The third-order valence-corrected chi connectivity index (χ3v) is 3.98. The zero-order chi connectivity index (χ0) is 17.7. The summed E-state index contributed by atoms with van der Waals surface area (Å²) in [5.41, 5.74) is 0. The Morgan fingerprint density at radius 2 is 1.92 bits per heavy atom. The summed E-state index contributed by atoms with van der Waals surface area (Å²) < 4.78 is 36.5. The fourth-order valence-corrected chi connectivity index (χ4v) is 2.66. The molecule has 1 atom stereocenters. The smallest absolute Gasteiger partial charge is 0.309 e. The van der Waals surface area contributed by atoms with Crippen LogP contribution >= 0.6 is 0 Å². The van der Waals surface area contributed by atoms with Gasteiger partial charge in [-0.2, -0.15) is 0 Å². The fraction of sp³-hybridized carbons (Fsp3) is 0.529. The van der Waals surface area contributed by atoms with Gasteiger partial charge in [0, 0.05) is 19.2 Å². The maximum Gasteiger partial charge on any atom is 0.309 e. The van der Waals surface area contributed by atoms with Crippen molar-refractivity contribution in [2.24, 2.45) is 5.92 Å². The van der Waals surface area contributed by atoms with Gasteiger partial charge in [0.15, 0.2) is 17.7 Å². The lowest BCUT2D eigenvalue weighted by molar-refractivity contribution is -0.152. The SMILES string of the molecule is CCOC(=O)C1CCN(C(=O)[C@H](C)Oc2ccc(F)c(F)c2)CC1. The van der Waals surface area contributed by atoms with E-state index in [4.69, 9.17) is 9.47 Å². The lowest BCUT2D eigenvalue weighted by atomic mass is 9.97. The second-order valence-electron chi connectivity index (χ2n) is 5.69. The molecule has 0 aromatic heterocycles. The standard InChI is InChI=1S/C17H21F2NO4/c1-3-23-17(22)12-6-8-20(9-7-12)16(21)11(2)24-13-4-5-14(18)15(19)10-13/h4-5,10-12H,3,6-9H2,1-2H3/t11-/m0/s1. The summed E-state index contributed by atoms with van der Waals surface area (Å²) in [4.78, 5) is 25.7. The average Bonchev–Trinajstić information content (AvgIpc) is 2.58. The number of rotatable bonds is 5. The number of carbonyl (C=O) groups is 2. The van der Waals surface area contributed by atoms with E-state index in [-0.39, 0.29) is 23.5 Å². The molecule has 1 aliphatic rings. The van der Waals surface area contributed by atoms with E-state index >= 15 is 0 Å². The Kier molecular flexibility index (Phi) is 6.11. The van der Waals surface area contributed by atoms with Crippen molar-refractivity contribution in [1.82, 2.24) is 4.90 Å². The summed E-state index contributed by atoms with van der Waals surface area (Å²) in [6.45, 7) is 4.54. The molecular formula is C17H21F2NO4. The molecule has 1 saturated heterocycles. The highest BCUT2D eigenvalue weighted by atomic mass is 19.2. The molecule has 0 radical (unpaired) electrons. The number of benzene rings is 1. The Bertz CT molecular complexity index is 600. The highest BCUT2D eigenvalue weighted by molar-refractivity contribution is 5.81. The number of likely N-dealkylation sites (tertiary alicyclic amines) is 1. The van der Waals surface area contributed by atoms with E-state index in [1.807, 2.05) is 0 Å². The van der Waals surface area contributed by atoms with Crippen LogP contribution in [0.3, 0.4) is 0 Å². The van der Waals surface area contributed by atoms with E-state index in [0.29, 0.717) is 32.5 Å². The van der Waals surface area contributed by atoms with Crippen molar-refractivity contribution in [3.05, 3.63) is 29.8 Å². The van der Waals surface area contributed by atoms with E-state index in [0.717, 1.165) is 12.1 Å². The minimum absolute atomic E-state index is 0.0937.